The van der Waals surface area contributed by atoms with E-state index in [0.29, 0.717) is 37.6 Å². The molecule has 0 atom stereocenters. The molecule has 6 heteroatoms. The molecule has 1 aromatic rings. The van der Waals surface area contributed by atoms with Crippen molar-refractivity contribution in [1.29, 1.82) is 0 Å². The number of rotatable bonds is 9. The van der Waals surface area contributed by atoms with Gasteiger partial charge in [0.2, 0.25) is 0 Å². The fraction of sp³-hybridized carbons (Fsp3) is 0.500. The minimum absolute atomic E-state index is 0.143. The molecule has 0 aliphatic heterocycles. The number of hydrogen-bond donors (Lipinski definition) is 2. The van der Waals surface area contributed by atoms with E-state index in [0.717, 1.165) is 17.3 Å². The normalized spacial score (nSPS) is 10.5. The van der Waals surface area contributed by atoms with Crippen LogP contribution in [0.4, 0.5) is 5.69 Å². The smallest absolute Gasteiger partial charge is 0.253 e. The van der Waals surface area contributed by atoms with Gasteiger partial charge in [0.05, 0.1) is 18.8 Å². The van der Waals surface area contributed by atoms with Crippen LogP contribution in [0.5, 0.6) is 0 Å². The molecule has 1 aromatic carbocycles. The van der Waals surface area contributed by atoms with Crippen LogP contribution in [-0.2, 0) is 9.47 Å². The number of nitrogens with one attached hydrogen (secondary N) is 1. The molecule has 20 heavy (non-hydrogen) atoms. The topological polar surface area (TPSA) is 73.6 Å². The Morgan fingerprint density at radius 1 is 1.30 bits per heavy atom. The molecule has 0 unspecified atom stereocenters. The number of halogens is 1. The average molecular weight is 345 g/mol. The van der Waals surface area contributed by atoms with E-state index in [2.05, 4.69) is 21.2 Å². The highest BCUT2D eigenvalue weighted by Gasteiger charge is 2.08. The number of anilines is 1. The summed E-state index contributed by atoms with van der Waals surface area (Å²) < 4.78 is 11.1. The molecule has 5 nitrogen and oxygen atoms in total. The lowest BCUT2D eigenvalue weighted by atomic mass is 10.1. The lowest BCUT2D eigenvalue weighted by Crippen LogP contribution is -2.25. The van der Waals surface area contributed by atoms with Crippen LogP contribution < -0.4 is 11.1 Å². The number of benzene rings is 1. The third-order valence-corrected chi connectivity index (χ3v) is 3.18. The van der Waals surface area contributed by atoms with Crippen LogP contribution in [-0.4, -0.2) is 39.4 Å². The Kier molecular flexibility index (Phi) is 8.25. The number of ether oxygens (including phenoxy) is 2. The highest BCUT2D eigenvalue weighted by Crippen LogP contribution is 2.18. The van der Waals surface area contributed by atoms with Gasteiger partial charge in [0.25, 0.3) is 5.91 Å². The predicted octanol–water partition coefficient (Wildman–Crippen LogP) is 2.20. The third kappa shape index (κ3) is 6.36. The fourth-order valence-corrected chi connectivity index (χ4v) is 1.99. The molecular formula is C14H21BrN2O3. The Bertz CT molecular complexity index is 427. The van der Waals surface area contributed by atoms with Crippen LogP contribution in [0, 0.1) is 0 Å². The van der Waals surface area contributed by atoms with Gasteiger partial charge in [-0.2, -0.15) is 0 Å². The Balaban J connectivity index is 2.17. The lowest BCUT2D eigenvalue weighted by Gasteiger charge is -2.08. The fourth-order valence-electron chi connectivity index (χ4n) is 1.61. The molecule has 0 saturated heterocycles. The first-order chi connectivity index (χ1) is 9.65. The van der Waals surface area contributed by atoms with Crippen molar-refractivity contribution in [2.45, 2.75) is 12.8 Å². The van der Waals surface area contributed by atoms with Gasteiger partial charge < -0.3 is 20.5 Å². The summed E-state index contributed by atoms with van der Waals surface area (Å²) >= 11 is 3.31. The van der Waals surface area contributed by atoms with Crippen LogP contribution in [0.3, 0.4) is 0 Å². The first-order valence-corrected chi connectivity index (χ1v) is 7.34. The molecule has 0 fully saturated rings. The number of carbonyl (C=O) groups is 1. The standard InChI is InChI=1S/C14H21BrN2O3/c1-19-8-9-20-7-3-2-6-17-14(18)12-5-4-11(15)10-13(12)16/h4-5,10H,2-3,6-9,16H2,1H3,(H,17,18). The van der Waals surface area contributed by atoms with Crippen LogP contribution in [0.1, 0.15) is 23.2 Å². The van der Waals surface area contributed by atoms with Crippen molar-refractivity contribution in [3.05, 3.63) is 28.2 Å². The molecule has 0 saturated carbocycles. The van der Waals surface area contributed by atoms with Gasteiger partial charge >= 0.3 is 0 Å². The number of amides is 1. The molecule has 1 rings (SSSR count). The van der Waals surface area contributed by atoms with E-state index in [4.69, 9.17) is 15.2 Å². The molecule has 1 amide bonds. The molecule has 0 radical (unpaired) electrons. The zero-order chi connectivity index (χ0) is 14.8. The van der Waals surface area contributed by atoms with Crippen LogP contribution in [0.15, 0.2) is 22.7 Å². The number of carbonyl (C=O) groups excluding carboxylic acids is 1. The number of hydrogen-bond acceptors (Lipinski definition) is 4. The predicted molar refractivity (Wildman–Crippen MR) is 82.8 cm³/mol. The SMILES string of the molecule is COCCOCCCCNC(=O)c1ccc(Br)cc1N. The summed E-state index contributed by atoms with van der Waals surface area (Å²) in [6, 6.07) is 5.23. The van der Waals surface area contributed by atoms with Gasteiger partial charge in [0.1, 0.15) is 0 Å². The zero-order valence-corrected chi connectivity index (χ0v) is 13.2. The van der Waals surface area contributed by atoms with Crippen molar-refractivity contribution in [2.75, 3.05) is 39.2 Å². The molecule has 0 aliphatic carbocycles. The Hall–Kier alpha value is -1.11. The van der Waals surface area contributed by atoms with E-state index < -0.39 is 0 Å². The molecule has 0 heterocycles. The largest absolute Gasteiger partial charge is 0.398 e. The van der Waals surface area contributed by atoms with Crippen molar-refractivity contribution < 1.29 is 14.3 Å². The summed E-state index contributed by atoms with van der Waals surface area (Å²) in [5.41, 5.74) is 6.77. The molecule has 112 valence electrons. The highest BCUT2D eigenvalue weighted by molar-refractivity contribution is 9.10. The van der Waals surface area contributed by atoms with Crippen molar-refractivity contribution in [3.63, 3.8) is 0 Å². The van der Waals surface area contributed by atoms with Crippen molar-refractivity contribution in [2.24, 2.45) is 0 Å². The summed E-state index contributed by atoms with van der Waals surface area (Å²) in [6.07, 6.45) is 1.77. The minimum Gasteiger partial charge on any atom is -0.398 e. The van der Waals surface area contributed by atoms with Crippen molar-refractivity contribution >= 4 is 27.5 Å². The number of methoxy groups -OCH3 is 1. The summed E-state index contributed by atoms with van der Waals surface area (Å²) in [5, 5.41) is 2.85. The Morgan fingerprint density at radius 2 is 2.10 bits per heavy atom. The average Bonchev–Trinajstić information content (AvgIpc) is 2.41. The maximum absolute atomic E-state index is 11.9. The summed E-state index contributed by atoms with van der Waals surface area (Å²) in [5.74, 6) is -0.143. The van der Waals surface area contributed by atoms with E-state index in [1.165, 1.54) is 0 Å². The van der Waals surface area contributed by atoms with Crippen LogP contribution >= 0.6 is 15.9 Å². The van der Waals surface area contributed by atoms with Crippen LogP contribution in [0.2, 0.25) is 0 Å². The van der Waals surface area contributed by atoms with E-state index >= 15 is 0 Å². The first kappa shape index (κ1) is 16.9. The van der Waals surface area contributed by atoms with E-state index in [9.17, 15) is 4.79 Å². The summed E-state index contributed by atoms with van der Waals surface area (Å²) in [6.45, 7) is 2.51. The van der Waals surface area contributed by atoms with Gasteiger partial charge in [-0.1, -0.05) is 15.9 Å². The zero-order valence-electron chi connectivity index (χ0n) is 11.7. The van der Waals surface area contributed by atoms with Crippen molar-refractivity contribution in [3.8, 4) is 0 Å². The van der Waals surface area contributed by atoms with E-state index in [1.54, 1.807) is 25.3 Å². The molecule has 3 N–H and O–H groups in total. The van der Waals surface area contributed by atoms with Crippen molar-refractivity contribution in [1.82, 2.24) is 5.32 Å². The summed E-state index contributed by atoms with van der Waals surface area (Å²) in [7, 11) is 1.65. The molecule has 0 spiro atoms. The third-order valence-electron chi connectivity index (χ3n) is 2.69. The number of nitrogens with two attached hydrogens (primary N) is 1. The molecule has 0 aliphatic rings. The second-order valence-corrected chi connectivity index (χ2v) is 5.22. The minimum atomic E-state index is -0.143. The Labute approximate surface area is 127 Å². The van der Waals surface area contributed by atoms with E-state index in [-0.39, 0.29) is 5.91 Å². The van der Waals surface area contributed by atoms with Gasteiger partial charge in [-0.3, -0.25) is 4.79 Å². The molecule has 0 bridgehead atoms. The van der Waals surface area contributed by atoms with E-state index in [1.807, 2.05) is 0 Å². The second kappa shape index (κ2) is 9.74. The van der Waals surface area contributed by atoms with Gasteiger partial charge in [0, 0.05) is 30.4 Å². The van der Waals surface area contributed by atoms with Gasteiger partial charge in [-0.25, -0.2) is 0 Å². The monoisotopic (exact) mass is 344 g/mol. The van der Waals surface area contributed by atoms with Gasteiger partial charge in [-0.05, 0) is 31.0 Å². The van der Waals surface area contributed by atoms with Gasteiger partial charge in [0.15, 0.2) is 0 Å². The first-order valence-electron chi connectivity index (χ1n) is 6.55. The number of unbranched alkanes of at least 4 members (excludes halogenated alkanes) is 1. The Morgan fingerprint density at radius 3 is 2.80 bits per heavy atom. The number of nitrogen functional groups attached to an aromatic ring is 1. The quantitative estimate of drug-likeness (QED) is 0.532. The molecular weight excluding hydrogens is 324 g/mol. The van der Waals surface area contributed by atoms with Gasteiger partial charge in [-0.15, -0.1) is 0 Å². The highest BCUT2D eigenvalue weighted by atomic mass is 79.9. The maximum atomic E-state index is 11.9. The molecule has 0 aromatic heterocycles. The van der Waals surface area contributed by atoms with Crippen LogP contribution in [0.25, 0.3) is 0 Å². The maximum Gasteiger partial charge on any atom is 0.253 e. The lowest BCUT2D eigenvalue weighted by molar-refractivity contribution is 0.0686. The second-order valence-electron chi connectivity index (χ2n) is 4.30. The summed E-state index contributed by atoms with van der Waals surface area (Å²) in [4.78, 5) is 11.9.